The second kappa shape index (κ2) is 38.2. The van der Waals surface area contributed by atoms with Gasteiger partial charge in [0.1, 0.15) is 11.2 Å². The molecule has 0 aliphatic heterocycles. The molecule has 0 aliphatic rings. The van der Waals surface area contributed by atoms with Gasteiger partial charge in [-0.3, -0.25) is 0 Å². The van der Waals surface area contributed by atoms with Crippen LogP contribution in [0.25, 0.3) is 260 Å². The largest absolute Gasteiger partial charge is 0.454 e. The van der Waals surface area contributed by atoms with Crippen molar-refractivity contribution in [1.82, 2.24) is 48.6 Å². The number of fused-ring (bicyclic) bond motifs is 21. The van der Waals surface area contributed by atoms with E-state index >= 15 is 0 Å². The van der Waals surface area contributed by atoms with E-state index in [0.29, 0.717) is 45.8 Å². The molecular formula is C131H87N13O2S. The lowest BCUT2D eigenvalue weighted by Crippen LogP contribution is -2.01. The molecule has 0 fully saturated rings. The van der Waals surface area contributed by atoms with Gasteiger partial charge in [0.25, 0.3) is 0 Å². The summed E-state index contributed by atoms with van der Waals surface area (Å²) in [7, 11) is 0. The highest BCUT2D eigenvalue weighted by molar-refractivity contribution is 7.26. The first-order valence-corrected chi connectivity index (χ1v) is 48.2. The lowest BCUT2D eigenvalue weighted by atomic mass is 10.0. The molecule has 0 spiro atoms. The fraction of sp³-hybridized carbons (Fsp3) is 0.0229. The van der Waals surface area contributed by atoms with Crippen LogP contribution >= 0.6 is 11.3 Å². The molecule has 0 radical (unpaired) electrons. The van der Waals surface area contributed by atoms with Crippen LogP contribution in [0.2, 0.25) is 0 Å². The molecule has 28 rings (SSSR count). The van der Waals surface area contributed by atoms with Gasteiger partial charge in [-0.15, -0.1) is 11.3 Å². The molecule has 0 bridgehead atoms. The van der Waals surface area contributed by atoms with Crippen molar-refractivity contribution in [3.8, 4) is 148 Å². The Morgan fingerprint density at radius 1 is 0.204 bits per heavy atom. The molecule has 0 aliphatic carbocycles. The second-order valence-corrected chi connectivity index (χ2v) is 36.5. The van der Waals surface area contributed by atoms with Gasteiger partial charge in [-0.1, -0.05) is 301 Å². The first-order valence-electron chi connectivity index (χ1n) is 47.4. The maximum absolute atomic E-state index is 9.56. The summed E-state index contributed by atoms with van der Waals surface area (Å²) in [4.78, 5) is 34.7. The van der Waals surface area contributed by atoms with Crippen LogP contribution < -0.4 is 0 Å². The summed E-state index contributed by atoms with van der Waals surface area (Å²) in [6.07, 6.45) is 0. The van der Waals surface area contributed by atoms with Gasteiger partial charge in [0.2, 0.25) is 0 Å². The van der Waals surface area contributed by atoms with Gasteiger partial charge in [0.15, 0.2) is 40.3 Å². The normalized spacial score (nSPS) is 11.2. The molecule has 694 valence electrons. The molecule has 9 heterocycles. The highest BCUT2D eigenvalue weighted by atomic mass is 32.1. The number of aromatic nitrogens is 10. The first kappa shape index (κ1) is 90.9. The predicted octanol–water partition coefficient (Wildman–Crippen LogP) is 34.5. The second-order valence-electron chi connectivity index (χ2n) is 35.5. The van der Waals surface area contributed by atoms with Crippen molar-refractivity contribution >= 4 is 141 Å². The third-order valence-corrected chi connectivity index (χ3v) is 28.2. The van der Waals surface area contributed by atoms with Crippen LogP contribution in [0.3, 0.4) is 0 Å². The lowest BCUT2D eigenvalue weighted by Gasteiger charge is -2.12. The minimum atomic E-state index is 0. The van der Waals surface area contributed by atoms with E-state index in [1.807, 2.05) is 187 Å². The topological polar surface area (TPSA) is 203 Å². The molecule has 0 atom stereocenters. The van der Waals surface area contributed by atoms with Gasteiger partial charge >= 0.3 is 0 Å². The molecule has 0 amide bonds. The van der Waals surface area contributed by atoms with E-state index in [4.69, 9.17) is 43.7 Å². The molecule has 0 unspecified atom stereocenters. The number of benzene rings is 19. The number of hydrogen-bond acceptors (Lipinski definition) is 13. The van der Waals surface area contributed by atoms with E-state index in [1.54, 1.807) is 18.2 Å². The third-order valence-electron chi connectivity index (χ3n) is 27.0. The number of para-hydroxylation sites is 4. The summed E-state index contributed by atoms with van der Waals surface area (Å²) in [5.41, 5.74) is 28.6. The van der Waals surface area contributed by atoms with Crippen molar-refractivity contribution in [3.63, 3.8) is 0 Å². The van der Waals surface area contributed by atoms with Gasteiger partial charge in [0, 0.05) is 136 Å². The zero-order valence-corrected chi connectivity index (χ0v) is 77.7. The highest BCUT2D eigenvalue weighted by Gasteiger charge is 2.26. The van der Waals surface area contributed by atoms with E-state index in [1.165, 1.54) is 52.9 Å². The van der Waals surface area contributed by atoms with Crippen molar-refractivity contribution in [2.24, 2.45) is 0 Å². The quantitative estimate of drug-likeness (QED) is 0.106. The molecule has 28 aromatic rings. The van der Waals surface area contributed by atoms with E-state index < -0.39 is 0 Å². The fourth-order valence-electron chi connectivity index (χ4n) is 20.2. The summed E-state index contributed by atoms with van der Waals surface area (Å²) >= 11 is 1.86. The molecule has 147 heavy (non-hydrogen) atoms. The Balaban J connectivity index is 0.000000121. The molecule has 16 heteroatoms. The molecule has 15 nitrogen and oxygen atoms in total. The summed E-state index contributed by atoms with van der Waals surface area (Å²) in [5, 5.41) is 42.6. The van der Waals surface area contributed by atoms with Crippen molar-refractivity contribution in [3.05, 3.63) is 472 Å². The van der Waals surface area contributed by atoms with Crippen LogP contribution in [0.1, 0.15) is 39.0 Å². The zero-order chi connectivity index (χ0) is 95.8. The number of hydrogen-bond donors (Lipinski definition) is 0. The summed E-state index contributed by atoms with van der Waals surface area (Å²) < 4.78 is 22.7. The van der Waals surface area contributed by atoms with Crippen LogP contribution in [0.15, 0.2) is 464 Å². The number of nitriles is 3. The van der Waals surface area contributed by atoms with Gasteiger partial charge < -0.3 is 22.5 Å². The average Bonchev–Trinajstić information content (AvgIpc) is 1.58. The number of nitrogens with zero attached hydrogens (tertiary/aromatic N) is 13. The third kappa shape index (κ3) is 16.3. The van der Waals surface area contributed by atoms with Crippen molar-refractivity contribution in [1.29, 1.82) is 15.8 Å². The summed E-state index contributed by atoms with van der Waals surface area (Å²) in [6.45, 7) is 0. The van der Waals surface area contributed by atoms with Crippen LogP contribution in [0.4, 0.5) is 0 Å². The Labute approximate surface area is 850 Å². The minimum Gasteiger partial charge on any atom is -0.454 e. The average molecular weight is 1910 g/mol. The van der Waals surface area contributed by atoms with Crippen molar-refractivity contribution in [2.75, 3.05) is 0 Å². The van der Waals surface area contributed by atoms with E-state index in [0.717, 1.165) is 178 Å². The maximum Gasteiger partial charge on any atom is 0.164 e. The zero-order valence-electron chi connectivity index (χ0n) is 76.8. The highest BCUT2D eigenvalue weighted by Crippen LogP contribution is 2.48. The monoisotopic (exact) mass is 1910 g/mol. The Hall–Kier alpha value is -20.0. The fourth-order valence-corrected chi connectivity index (χ4v) is 21.4. The van der Waals surface area contributed by atoms with Crippen molar-refractivity contribution < 1.29 is 8.83 Å². The molecule has 0 N–H and O–H groups in total. The Kier molecular flexibility index (Phi) is 23.6. The van der Waals surface area contributed by atoms with E-state index in [-0.39, 0.29) is 22.3 Å². The number of furan rings is 2. The minimum absolute atomic E-state index is 0. The van der Waals surface area contributed by atoms with Crippen LogP contribution in [0.5, 0.6) is 0 Å². The molecule has 0 saturated heterocycles. The van der Waals surface area contributed by atoms with Gasteiger partial charge in [-0.2, -0.15) is 15.8 Å². The van der Waals surface area contributed by atoms with Crippen LogP contribution in [0, 0.1) is 34.0 Å². The first-order chi connectivity index (χ1) is 71.2. The van der Waals surface area contributed by atoms with Crippen molar-refractivity contribution in [2.45, 2.75) is 22.3 Å². The molecule has 19 aromatic carbocycles. The standard InChI is InChI=1S/C46H27N5O.C41H24N4O.C41H24N4S.3CH4/c47-28-29-10-9-15-34(26-29)46-49-44(31-13-5-2-6-14-31)48-45(50-46)32-18-21-35(22-19-32)51-40-25-20-33(30-11-3-1-4-12-30)27-39(40)37-23-24-38-36-16-7-8-17-41(36)52-43(38)42(37)51;2*42-25-26-9-8-12-29(23-26)36-24-35(27-10-2-1-3-11-27)43-41(44-36)28-17-19-30(20-18-28)45-37-15-6-4-13-31(37)33-21-22-34-32-14-5-7-16-38(32)46-40(34)39(33)45;;;/h1-27H;2*1-24H;3*1H4. The molecule has 9 aromatic heterocycles. The summed E-state index contributed by atoms with van der Waals surface area (Å²) in [5.74, 6) is 2.88. The number of rotatable bonds is 13. The summed E-state index contributed by atoms with van der Waals surface area (Å²) in [6, 6.07) is 161. The van der Waals surface area contributed by atoms with Gasteiger partial charge in [0.05, 0.1) is 95.5 Å². The van der Waals surface area contributed by atoms with Crippen LogP contribution in [-0.2, 0) is 0 Å². The smallest absolute Gasteiger partial charge is 0.164 e. The number of thiophene rings is 1. The molecule has 0 saturated carbocycles. The SMILES string of the molecule is C.C.C.N#Cc1cccc(-c2cc(-c3ccccc3)nc(-c3ccc(-n4c5ccccc5c5ccc6c7ccccc7oc6c54)cc3)n2)c1.N#Cc1cccc(-c2cc(-c3ccccc3)nc(-c3ccc(-n4c5ccccc5c5ccc6c7ccccc7sc6c54)cc3)n2)c1.N#Cc1cccc(-c2nc(-c3ccccc3)nc(-c3ccc(-n4c5ccc(-c6ccccc6)cc5c5ccc6c7ccccc7oc6c54)cc3)n2)c1. The van der Waals surface area contributed by atoms with E-state index in [2.05, 4.69) is 293 Å². The van der Waals surface area contributed by atoms with E-state index in [9.17, 15) is 15.8 Å². The molecular weight excluding hydrogens is 1820 g/mol. The maximum atomic E-state index is 9.56. The predicted molar refractivity (Wildman–Crippen MR) is 603 cm³/mol. The lowest BCUT2D eigenvalue weighted by molar-refractivity contribution is 0.670. The van der Waals surface area contributed by atoms with Gasteiger partial charge in [-0.25, -0.2) is 34.9 Å². The Bertz CT molecular complexity index is 9760. The van der Waals surface area contributed by atoms with Gasteiger partial charge in [-0.05, 0) is 187 Å². The Morgan fingerprint density at radius 2 is 0.517 bits per heavy atom. The van der Waals surface area contributed by atoms with Crippen LogP contribution in [-0.4, -0.2) is 48.6 Å². The Morgan fingerprint density at radius 3 is 0.973 bits per heavy atom.